The number of hydrogen-bond acceptors (Lipinski definition) is 4. The summed E-state index contributed by atoms with van der Waals surface area (Å²) in [6.45, 7) is 3.22. The standard InChI is InChI=1S/C18H17Cl2N3OS/c1-13-21-22-18(23(13)12-14-5-3-2-4-6-14)25-10-9-24-17-11-15(19)7-8-16(17)20/h2-8,11H,9-10,12H2,1H3. The van der Waals surface area contributed by atoms with Crippen molar-refractivity contribution in [3.8, 4) is 5.75 Å². The zero-order chi connectivity index (χ0) is 17.6. The molecule has 0 radical (unpaired) electrons. The molecule has 0 spiro atoms. The van der Waals surface area contributed by atoms with Gasteiger partial charge >= 0.3 is 0 Å². The van der Waals surface area contributed by atoms with Crippen LogP contribution >= 0.6 is 35.0 Å². The second-order valence-electron chi connectivity index (χ2n) is 5.37. The lowest BCUT2D eigenvalue weighted by Crippen LogP contribution is -2.06. The molecule has 130 valence electrons. The Hall–Kier alpha value is -1.69. The van der Waals surface area contributed by atoms with Crippen molar-refractivity contribution in [1.82, 2.24) is 14.8 Å². The van der Waals surface area contributed by atoms with Crippen LogP contribution in [0.5, 0.6) is 5.75 Å². The summed E-state index contributed by atoms with van der Waals surface area (Å²) in [4.78, 5) is 0. The van der Waals surface area contributed by atoms with Crippen LogP contribution in [0.3, 0.4) is 0 Å². The lowest BCUT2D eigenvalue weighted by molar-refractivity contribution is 0.344. The molecule has 2 aromatic carbocycles. The average Bonchev–Trinajstić information content (AvgIpc) is 2.96. The molecular formula is C18H17Cl2N3OS. The number of aromatic nitrogens is 3. The third kappa shape index (κ3) is 4.91. The lowest BCUT2D eigenvalue weighted by Gasteiger charge is -2.10. The predicted molar refractivity (Wildman–Crippen MR) is 103 cm³/mol. The molecule has 0 amide bonds. The Morgan fingerprint density at radius 3 is 2.68 bits per heavy atom. The highest BCUT2D eigenvalue weighted by molar-refractivity contribution is 7.99. The minimum atomic E-state index is 0.502. The fraction of sp³-hybridized carbons (Fsp3) is 0.222. The van der Waals surface area contributed by atoms with Crippen LogP contribution in [0.1, 0.15) is 11.4 Å². The van der Waals surface area contributed by atoms with E-state index in [0.717, 1.165) is 23.3 Å². The maximum absolute atomic E-state index is 6.09. The van der Waals surface area contributed by atoms with Crippen molar-refractivity contribution in [3.63, 3.8) is 0 Å². The number of aryl methyl sites for hydroxylation is 1. The number of benzene rings is 2. The van der Waals surface area contributed by atoms with E-state index in [4.69, 9.17) is 27.9 Å². The highest BCUT2D eigenvalue weighted by atomic mass is 35.5. The van der Waals surface area contributed by atoms with Crippen molar-refractivity contribution in [2.45, 2.75) is 18.6 Å². The van der Waals surface area contributed by atoms with E-state index >= 15 is 0 Å². The summed E-state index contributed by atoms with van der Waals surface area (Å²) in [6, 6.07) is 15.4. The first-order valence-corrected chi connectivity index (χ1v) is 9.52. The Balaban J connectivity index is 1.58. The van der Waals surface area contributed by atoms with Crippen LogP contribution in [-0.4, -0.2) is 27.1 Å². The third-order valence-corrected chi connectivity index (χ3v) is 5.03. The maximum Gasteiger partial charge on any atom is 0.191 e. The van der Waals surface area contributed by atoms with E-state index in [1.165, 1.54) is 5.56 Å². The van der Waals surface area contributed by atoms with Gasteiger partial charge in [0.05, 0.1) is 18.2 Å². The van der Waals surface area contributed by atoms with Gasteiger partial charge in [0.2, 0.25) is 0 Å². The SMILES string of the molecule is Cc1nnc(SCCOc2cc(Cl)ccc2Cl)n1Cc1ccccc1. The van der Waals surface area contributed by atoms with Gasteiger partial charge in [-0.25, -0.2) is 0 Å². The van der Waals surface area contributed by atoms with E-state index in [1.807, 2.05) is 25.1 Å². The molecule has 0 atom stereocenters. The van der Waals surface area contributed by atoms with Crippen LogP contribution in [0.15, 0.2) is 53.7 Å². The number of ether oxygens (including phenoxy) is 1. The summed E-state index contributed by atoms with van der Waals surface area (Å²) < 4.78 is 7.81. The van der Waals surface area contributed by atoms with E-state index in [1.54, 1.807) is 30.0 Å². The molecule has 0 aliphatic carbocycles. The van der Waals surface area contributed by atoms with Crippen molar-refractivity contribution in [1.29, 1.82) is 0 Å². The summed E-state index contributed by atoms with van der Waals surface area (Å²) in [5.74, 6) is 2.22. The number of nitrogens with zero attached hydrogens (tertiary/aromatic N) is 3. The quantitative estimate of drug-likeness (QED) is 0.412. The number of thioether (sulfide) groups is 1. The molecule has 0 aliphatic rings. The maximum atomic E-state index is 6.09. The Labute approximate surface area is 161 Å². The summed E-state index contributed by atoms with van der Waals surface area (Å²) in [6.07, 6.45) is 0. The zero-order valence-corrected chi connectivity index (χ0v) is 16.0. The van der Waals surface area contributed by atoms with Crippen LogP contribution < -0.4 is 4.74 Å². The first-order valence-electron chi connectivity index (χ1n) is 7.78. The smallest absolute Gasteiger partial charge is 0.191 e. The van der Waals surface area contributed by atoms with E-state index in [-0.39, 0.29) is 0 Å². The molecular weight excluding hydrogens is 377 g/mol. The highest BCUT2D eigenvalue weighted by Crippen LogP contribution is 2.28. The second-order valence-corrected chi connectivity index (χ2v) is 7.28. The fourth-order valence-electron chi connectivity index (χ4n) is 2.29. The number of hydrogen-bond donors (Lipinski definition) is 0. The van der Waals surface area contributed by atoms with Crippen molar-refractivity contribution >= 4 is 35.0 Å². The van der Waals surface area contributed by atoms with E-state index in [0.29, 0.717) is 22.4 Å². The Morgan fingerprint density at radius 1 is 1.08 bits per heavy atom. The summed E-state index contributed by atoms with van der Waals surface area (Å²) >= 11 is 13.7. The van der Waals surface area contributed by atoms with Crippen LogP contribution in [0.4, 0.5) is 0 Å². The first-order chi connectivity index (χ1) is 12.1. The molecule has 3 rings (SSSR count). The molecule has 4 nitrogen and oxygen atoms in total. The van der Waals surface area contributed by atoms with E-state index < -0.39 is 0 Å². The summed E-state index contributed by atoms with van der Waals surface area (Å²) in [5, 5.41) is 10.5. The molecule has 0 saturated carbocycles. The Kier molecular flexibility index (Phi) is 6.24. The van der Waals surface area contributed by atoms with Crippen molar-refractivity contribution < 1.29 is 4.74 Å². The van der Waals surface area contributed by atoms with Crippen LogP contribution in [0.2, 0.25) is 10.0 Å². The fourth-order valence-corrected chi connectivity index (χ4v) is 3.42. The number of rotatable bonds is 7. The van der Waals surface area contributed by atoms with Gasteiger partial charge < -0.3 is 9.30 Å². The molecule has 1 heterocycles. The first kappa shape index (κ1) is 18.1. The number of halogens is 2. The Bertz CT molecular complexity index is 840. The van der Waals surface area contributed by atoms with Gasteiger partial charge in [-0.05, 0) is 24.6 Å². The minimum Gasteiger partial charge on any atom is -0.491 e. The lowest BCUT2D eigenvalue weighted by atomic mass is 10.2. The molecule has 0 fully saturated rings. The van der Waals surface area contributed by atoms with E-state index in [2.05, 4.69) is 26.9 Å². The molecule has 0 saturated heterocycles. The summed E-state index contributed by atoms with van der Waals surface area (Å²) in [7, 11) is 0. The van der Waals surface area contributed by atoms with Crippen LogP contribution in [0, 0.1) is 6.92 Å². The molecule has 25 heavy (non-hydrogen) atoms. The largest absolute Gasteiger partial charge is 0.491 e. The van der Waals surface area contributed by atoms with E-state index in [9.17, 15) is 0 Å². The normalized spacial score (nSPS) is 10.8. The van der Waals surface area contributed by atoms with Crippen molar-refractivity contribution in [2.24, 2.45) is 0 Å². The minimum absolute atomic E-state index is 0.502. The molecule has 0 unspecified atom stereocenters. The van der Waals surface area contributed by atoms with Gasteiger partial charge in [-0.15, -0.1) is 10.2 Å². The topological polar surface area (TPSA) is 39.9 Å². The predicted octanol–water partition coefficient (Wildman–Crippen LogP) is 5.11. The van der Waals surface area contributed by atoms with Crippen molar-refractivity contribution in [2.75, 3.05) is 12.4 Å². The molecule has 1 aromatic heterocycles. The zero-order valence-electron chi connectivity index (χ0n) is 13.7. The molecule has 0 bridgehead atoms. The second kappa shape index (κ2) is 8.61. The van der Waals surface area contributed by atoms with Gasteiger partial charge in [0.25, 0.3) is 0 Å². The van der Waals surface area contributed by atoms with Gasteiger partial charge in [-0.3, -0.25) is 0 Å². The highest BCUT2D eigenvalue weighted by Gasteiger charge is 2.10. The molecule has 3 aromatic rings. The molecule has 7 heteroatoms. The van der Waals surface area contributed by atoms with Crippen LogP contribution in [-0.2, 0) is 6.54 Å². The average molecular weight is 394 g/mol. The summed E-state index contributed by atoms with van der Waals surface area (Å²) in [5.41, 5.74) is 1.22. The van der Waals surface area contributed by atoms with Gasteiger partial charge in [0.1, 0.15) is 11.6 Å². The van der Waals surface area contributed by atoms with Gasteiger partial charge in [0, 0.05) is 16.8 Å². The van der Waals surface area contributed by atoms with Gasteiger partial charge in [0.15, 0.2) is 5.16 Å². The monoisotopic (exact) mass is 393 g/mol. The van der Waals surface area contributed by atoms with Gasteiger partial charge in [-0.1, -0.05) is 65.3 Å². The van der Waals surface area contributed by atoms with Crippen molar-refractivity contribution in [3.05, 3.63) is 70.0 Å². The molecule has 0 aliphatic heterocycles. The molecule has 0 N–H and O–H groups in total. The van der Waals surface area contributed by atoms with Crippen LogP contribution in [0.25, 0.3) is 0 Å². The third-order valence-electron chi connectivity index (χ3n) is 3.55. The van der Waals surface area contributed by atoms with Gasteiger partial charge in [-0.2, -0.15) is 0 Å². The Morgan fingerprint density at radius 2 is 1.88 bits per heavy atom.